The van der Waals surface area contributed by atoms with Crippen LogP contribution >= 0.6 is 11.6 Å². The van der Waals surface area contributed by atoms with Crippen molar-refractivity contribution in [2.24, 2.45) is 0 Å². The summed E-state index contributed by atoms with van der Waals surface area (Å²) in [6, 6.07) is -4.71. The van der Waals surface area contributed by atoms with Gasteiger partial charge >= 0.3 is 12.2 Å². The van der Waals surface area contributed by atoms with Gasteiger partial charge in [0.15, 0.2) is 6.61 Å². The van der Waals surface area contributed by atoms with Gasteiger partial charge in [0.2, 0.25) is 0 Å². The van der Waals surface area contributed by atoms with Gasteiger partial charge in [0.1, 0.15) is 0 Å². The van der Waals surface area contributed by atoms with E-state index in [9.17, 15) is 32.1 Å². The van der Waals surface area contributed by atoms with Crippen molar-refractivity contribution in [1.82, 2.24) is 0 Å². The summed E-state index contributed by atoms with van der Waals surface area (Å²) in [4.78, 5) is 7.38. The molecule has 0 rings (SSSR count). The highest BCUT2D eigenvalue weighted by Gasteiger charge is 2.50. The number of hydrogen-bond donors (Lipinski definition) is 0. The SMILES string of the molecule is O=[N+]([O-])C(F)(F)COC(F)(F)C(F)Cl. The molecule has 1 atom stereocenters. The number of alkyl halides is 6. The zero-order chi connectivity index (χ0) is 11.6. The normalized spacial score (nSPS) is 15.3. The lowest BCUT2D eigenvalue weighted by atomic mass is 10.6. The van der Waals surface area contributed by atoms with Crippen LogP contribution in [0.5, 0.6) is 0 Å². The highest BCUT2D eigenvalue weighted by atomic mass is 35.5. The zero-order valence-corrected chi connectivity index (χ0v) is 6.98. The molecule has 0 aromatic carbocycles. The summed E-state index contributed by atoms with van der Waals surface area (Å²) >= 11 is 4.22. The van der Waals surface area contributed by atoms with Crippen LogP contribution in [0.25, 0.3) is 0 Å². The van der Waals surface area contributed by atoms with E-state index in [0.717, 1.165) is 0 Å². The number of ether oxygens (including phenoxy) is 1. The Morgan fingerprint density at radius 3 is 2.14 bits per heavy atom. The van der Waals surface area contributed by atoms with Crippen LogP contribution in [0, 0.1) is 10.1 Å². The Hall–Kier alpha value is -0.700. The van der Waals surface area contributed by atoms with Gasteiger partial charge in [0.05, 0.1) is 4.92 Å². The molecule has 0 aromatic heterocycles. The van der Waals surface area contributed by atoms with Crippen LogP contribution < -0.4 is 0 Å². The van der Waals surface area contributed by atoms with Crippen molar-refractivity contribution in [3.05, 3.63) is 10.1 Å². The van der Waals surface area contributed by atoms with E-state index in [4.69, 9.17) is 0 Å². The van der Waals surface area contributed by atoms with Crippen molar-refractivity contribution in [2.45, 2.75) is 17.8 Å². The van der Waals surface area contributed by atoms with E-state index in [1.165, 1.54) is 0 Å². The van der Waals surface area contributed by atoms with E-state index in [1.807, 2.05) is 0 Å². The zero-order valence-electron chi connectivity index (χ0n) is 6.22. The fourth-order valence-corrected chi connectivity index (χ4v) is 0.362. The lowest BCUT2D eigenvalue weighted by Crippen LogP contribution is -2.39. The smallest absolute Gasteiger partial charge is 0.303 e. The van der Waals surface area contributed by atoms with Crippen LogP contribution in [-0.4, -0.2) is 29.3 Å². The highest BCUT2D eigenvalue weighted by Crippen LogP contribution is 2.28. The maximum absolute atomic E-state index is 12.1. The first kappa shape index (κ1) is 13.3. The number of nitrogens with zero attached hydrogens (tertiary/aromatic N) is 1. The molecule has 0 spiro atoms. The molecule has 0 bridgehead atoms. The summed E-state index contributed by atoms with van der Waals surface area (Å²) in [7, 11) is 0. The van der Waals surface area contributed by atoms with Crippen LogP contribution in [-0.2, 0) is 4.74 Å². The number of nitro groups is 1. The van der Waals surface area contributed by atoms with Gasteiger partial charge in [-0.15, -0.1) is 8.78 Å². The highest BCUT2D eigenvalue weighted by molar-refractivity contribution is 6.20. The van der Waals surface area contributed by atoms with Gasteiger partial charge < -0.3 is 4.74 Å². The number of hydrogen-bond acceptors (Lipinski definition) is 3. The van der Waals surface area contributed by atoms with Crippen LogP contribution in [0.2, 0.25) is 0 Å². The third-order valence-electron chi connectivity index (χ3n) is 0.959. The molecule has 0 aliphatic heterocycles. The minimum Gasteiger partial charge on any atom is -0.303 e. The maximum atomic E-state index is 12.1. The Morgan fingerprint density at radius 2 is 1.86 bits per heavy atom. The molecule has 4 nitrogen and oxygen atoms in total. The van der Waals surface area contributed by atoms with E-state index in [1.54, 1.807) is 0 Å². The van der Waals surface area contributed by atoms with Gasteiger partial charge in [-0.1, -0.05) is 11.6 Å². The van der Waals surface area contributed by atoms with Crippen molar-refractivity contribution >= 4 is 11.6 Å². The summed E-state index contributed by atoms with van der Waals surface area (Å²) in [6.45, 7) is -2.26. The lowest BCUT2D eigenvalue weighted by Gasteiger charge is -2.17. The first-order chi connectivity index (χ1) is 6.09. The average Bonchev–Trinajstić information content (AvgIpc) is 2.01. The second-order valence-corrected chi connectivity index (χ2v) is 2.46. The molecule has 84 valence electrons. The van der Waals surface area contributed by atoms with Crippen molar-refractivity contribution in [1.29, 1.82) is 0 Å². The summed E-state index contributed by atoms with van der Waals surface area (Å²) in [5.41, 5.74) is -3.36. The molecule has 0 aromatic rings. The third kappa shape index (κ3) is 3.58. The van der Waals surface area contributed by atoms with Gasteiger partial charge in [-0.2, -0.15) is 8.78 Å². The van der Waals surface area contributed by atoms with Gasteiger partial charge in [0.25, 0.3) is 5.63 Å². The molecule has 0 N–H and O–H groups in total. The number of halogens is 6. The standard InChI is InChI=1S/C4H3ClF5NO3/c5-2(6)4(9,10)14-1-3(7,8)11(12)13/h2H,1H2. The topological polar surface area (TPSA) is 52.4 Å². The molecule has 0 aliphatic carbocycles. The largest absolute Gasteiger partial charge is 0.534 e. The van der Waals surface area contributed by atoms with E-state index in [-0.39, 0.29) is 0 Å². The predicted molar refractivity (Wildman–Crippen MR) is 33.6 cm³/mol. The molecule has 0 heterocycles. The van der Waals surface area contributed by atoms with E-state index in [0.29, 0.717) is 0 Å². The molecule has 0 saturated carbocycles. The van der Waals surface area contributed by atoms with Crippen molar-refractivity contribution < 1.29 is 31.6 Å². The summed E-state index contributed by atoms with van der Waals surface area (Å²) in [6.07, 6.45) is -4.69. The van der Waals surface area contributed by atoms with Gasteiger partial charge in [-0.3, -0.25) is 10.1 Å². The van der Waals surface area contributed by atoms with Crippen molar-refractivity contribution in [3.8, 4) is 0 Å². The molecule has 0 radical (unpaired) electrons. The number of rotatable bonds is 5. The van der Waals surface area contributed by atoms with Gasteiger partial charge in [-0.05, 0) is 0 Å². The van der Waals surface area contributed by atoms with Crippen molar-refractivity contribution in [3.63, 3.8) is 0 Å². The lowest BCUT2D eigenvalue weighted by molar-refractivity contribution is -0.650. The Labute approximate surface area is 78.7 Å². The molecular weight excluding hydrogens is 240 g/mol. The fourth-order valence-electron chi connectivity index (χ4n) is 0.299. The fraction of sp³-hybridized carbons (Fsp3) is 1.00. The predicted octanol–water partition coefficient (Wildman–Crippen LogP) is 2.00. The van der Waals surface area contributed by atoms with E-state index in [2.05, 4.69) is 16.3 Å². The summed E-state index contributed by atoms with van der Waals surface area (Å²) in [5, 5.41) is 9.51. The Balaban J connectivity index is 4.25. The minimum absolute atomic E-state index is 2.13. The molecular formula is C4H3ClF5NO3. The molecule has 0 amide bonds. The quantitative estimate of drug-likeness (QED) is 0.244. The Morgan fingerprint density at radius 1 is 1.43 bits per heavy atom. The Bertz CT molecular complexity index is 223. The molecule has 14 heavy (non-hydrogen) atoms. The van der Waals surface area contributed by atoms with Gasteiger partial charge in [0, 0.05) is 0 Å². The third-order valence-corrected chi connectivity index (χ3v) is 1.21. The second-order valence-electron chi connectivity index (χ2n) is 2.07. The summed E-state index contributed by atoms with van der Waals surface area (Å²) in [5.74, 6) is 0. The monoisotopic (exact) mass is 243 g/mol. The van der Waals surface area contributed by atoms with Crippen LogP contribution in [0.3, 0.4) is 0 Å². The molecule has 10 heteroatoms. The molecule has 0 saturated heterocycles. The van der Waals surface area contributed by atoms with E-state index < -0.39 is 29.3 Å². The van der Waals surface area contributed by atoms with Gasteiger partial charge in [-0.25, -0.2) is 4.39 Å². The second kappa shape index (κ2) is 4.22. The van der Waals surface area contributed by atoms with Crippen LogP contribution in [0.4, 0.5) is 22.0 Å². The molecule has 0 aliphatic rings. The first-order valence-electron chi connectivity index (χ1n) is 2.92. The Kier molecular flexibility index (Phi) is 4.01. The van der Waals surface area contributed by atoms with Crippen molar-refractivity contribution in [2.75, 3.05) is 6.61 Å². The average molecular weight is 244 g/mol. The minimum atomic E-state index is -4.71. The van der Waals surface area contributed by atoms with Crippen LogP contribution in [0.1, 0.15) is 0 Å². The maximum Gasteiger partial charge on any atom is 0.534 e. The molecule has 0 fully saturated rings. The van der Waals surface area contributed by atoms with Crippen LogP contribution in [0.15, 0.2) is 0 Å². The molecule has 1 unspecified atom stereocenters. The van der Waals surface area contributed by atoms with E-state index >= 15 is 0 Å². The first-order valence-corrected chi connectivity index (χ1v) is 3.35. The summed E-state index contributed by atoms with van der Waals surface area (Å²) < 4.78 is 62.9.